The number of carbonyl (C=O) groups excluding carboxylic acids is 2. The van der Waals surface area contributed by atoms with Gasteiger partial charge in [-0.1, -0.05) is 23.7 Å². The summed E-state index contributed by atoms with van der Waals surface area (Å²) in [4.78, 5) is 30.4. The highest BCUT2D eigenvalue weighted by Crippen LogP contribution is 2.49. The fraction of sp³-hybridized carbons (Fsp3) is 0.385. The average molecular weight is 465 g/mol. The highest BCUT2D eigenvalue weighted by Gasteiger charge is 2.45. The van der Waals surface area contributed by atoms with Gasteiger partial charge < -0.3 is 20.5 Å². The molecule has 1 aliphatic carbocycles. The van der Waals surface area contributed by atoms with Gasteiger partial charge in [-0.25, -0.2) is 0 Å². The number of anilines is 1. The number of benzene rings is 2. The van der Waals surface area contributed by atoms with E-state index in [1.807, 2.05) is 30.3 Å². The number of aromatic amines is 1. The molecule has 33 heavy (non-hydrogen) atoms. The van der Waals surface area contributed by atoms with E-state index < -0.39 is 0 Å². The molecule has 2 aromatic carbocycles. The Bertz CT molecular complexity index is 1160. The van der Waals surface area contributed by atoms with Gasteiger partial charge in [0.25, 0.3) is 5.91 Å². The molecule has 2 fully saturated rings. The van der Waals surface area contributed by atoms with Crippen molar-refractivity contribution in [2.24, 2.45) is 0 Å². The zero-order chi connectivity index (χ0) is 22.8. The standard InChI is InChI=1S/C26H29ClN4O2/c27-22-16-29-23-15-20(7-8-21(22)23)30-24(32)9-12-28-25(33)18-3-5-19(6-4-18)26(10-11-26)17-31-13-1-2-14-31/h3-8,15-16,29H,1-2,9-14,17H2,(H,28,33)(H,30,32). The summed E-state index contributed by atoms with van der Waals surface area (Å²) in [6.45, 7) is 3.84. The van der Waals surface area contributed by atoms with Gasteiger partial charge >= 0.3 is 0 Å². The van der Waals surface area contributed by atoms with Crippen LogP contribution >= 0.6 is 11.6 Å². The normalized spacial score (nSPS) is 17.2. The lowest BCUT2D eigenvalue weighted by atomic mass is 9.94. The van der Waals surface area contributed by atoms with Gasteiger partial charge in [0, 0.05) is 53.3 Å². The van der Waals surface area contributed by atoms with Crippen LogP contribution < -0.4 is 10.6 Å². The summed E-state index contributed by atoms with van der Waals surface area (Å²) in [5, 5.41) is 7.27. The zero-order valence-corrected chi connectivity index (χ0v) is 19.4. The van der Waals surface area contributed by atoms with Crippen LogP contribution in [0.5, 0.6) is 0 Å². The van der Waals surface area contributed by atoms with Crippen molar-refractivity contribution in [1.82, 2.24) is 15.2 Å². The molecule has 0 radical (unpaired) electrons. The van der Waals surface area contributed by atoms with E-state index in [1.165, 1.54) is 44.3 Å². The first-order chi connectivity index (χ1) is 16.0. The number of nitrogens with one attached hydrogen (secondary N) is 3. The van der Waals surface area contributed by atoms with Gasteiger partial charge in [-0.2, -0.15) is 0 Å². The number of halogens is 1. The third-order valence-corrected chi connectivity index (χ3v) is 7.20. The molecule has 0 spiro atoms. The number of amides is 2. The molecule has 1 aromatic heterocycles. The fourth-order valence-corrected chi connectivity index (χ4v) is 5.04. The molecular formula is C26H29ClN4O2. The van der Waals surface area contributed by atoms with Gasteiger partial charge in [-0.3, -0.25) is 9.59 Å². The van der Waals surface area contributed by atoms with Gasteiger partial charge in [0.1, 0.15) is 0 Å². The largest absolute Gasteiger partial charge is 0.360 e. The molecule has 3 N–H and O–H groups in total. The van der Waals surface area contributed by atoms with Crippen molar-refractivity contribution in [2.75, 3.05) is 31.5 Å². The Hall–Kier alpha value is -2.83. The van der Waals surface area contributed by atoms with E-state index in [9.17, 15) is 9.59 Å². The molecule has 1 aliphatic heterocycles. The van der Waals surface area contributed by atoms with Gasteiger partial charge in [-0.05, 0) is 74.7 Å². The first kappa shape index (κ1) is 22.0. The number of hydrogen-bond acceptors (Lipinski definition) is 3. The molecular weight excluding hydrogens is 436 g/mol. The quantitative estimate of drug-likeness (QED) is 0.452. The first-order valence-corrected chi connectivity index (χ1v) is 12.1. The van der Waals surface area contributed by atoms with Crippen LogP contribution in [0.2, 0.25) is 5.02 Å². The van der Waals surface area contributed by atoms with E-state index in [2.05, 4.69) is 32.7 Å². The Kier molecular flexibility index (Phi) is 6.13. The van der Waals surface area contributed by atoms with E-state index in [0.29, 0.717) is 16.3 Å². The minimum Gasteiger partial charge on any atom is -0.360 e. The van der Waals surface area contributed by atoms with Crippen molar-refractivity contribution >= 4 is 40.0 Å². The molecule has 0 bridgehead atoms. The summed E-state index contributed by atoms with van der Waals surface area (Å²) in [6.07, 6.45) is 7.00. The topological polar surface area (TPSA) is 77.2 Å². The van der Waals surface area contributed by atoms with Crippen molar-refractivity contribution in [3.63, 3.8) is 0 Å². The van der Waals surface area contributed by atoms with Crippen LogP contribution in [0, 0.1) is 0 Å². The molecule has 2 amide bonds. The summed E-state index contributed by atoms with van der Waals surface area (Å²) < 4.78 is 0. The average Bonchev–Trinajstić information content (AvgIpc) is 3.23. The van der Waals surface area contributed by atoms with E-state index in [1.54, 1.807) is 6.20 Å². The van der Waals surface area contributed by atoms with Crippen LogP contribution in [-0.2, 0) is 10.2 Å². The zero-order valence-electron chi connectivity index (χ0n) is 18.6. The third kappa shape index (κ3) is 4.92. The molecule has 2 heterocycles. The number of rotatable bonds is 8. The minimum absolute atomic E-state index is 0.152. The van der Waals surface area contributed by atoms with Gasteiger partial charge in [-0.15, -0.1) is 0 Å². The predicted octanol–water partition coefficient (Wildman–Crippen LogP) is 4.71. The molecule has 1 saturated heterocycles. The third-order valence-electron chi connectivity index (χ3n) is 6.89. The predicted molar refractivity (Wildman–Crippen MR) is 132 cm³/mol. The number of hydrogen-bond donors (Lipinski definition) is 3. The summed E-state index contributed by atoms with van der Waals surface area (Å²) in [5.41, 5.74) is 3.81. The second-order valence-electron chi connectivity index (χ2n) is 9.29. The van der Waals surface area contributed by atoms with Crippen molar-refractivity contribution in [2.45, 2.75) is 37.5 Å². The maximum absolute atomic E-state index is 12.5. The monoisotopic (exact) mass is 464 g/mol. The Morgan fingerprint density at radius 1 is 1.06 bits per heavy atom. The van der Waals surface area contributed by atoms with Gasteiger partial charge in [0.15, 0.2) is 0 Å². The van der Waals surface area contributed by atoms with Crippen molar-refractivity contribution in [3.8, 4) is 0 Å². The van der Waals surface area contributed by atoms with Crippen molar-refractivity contribution < 1.29 is 9.59 Å². The van der Waals surface area contributed by atoms with E-state index in [-0.39, 0.29) is 30.2 Å². The number of aromatic nitrogens is 1. The molecule has 3 aromatic rings. The fourth-order valence-electron chi connectivity index (χ4n) is 4.82. The van der Waals surface area contributed by atoms with Crippen LogP contribution in [-0.4, -0.2) is 47.9 Å². The molecule has 0 unspecified atom stereocenters. The van der Waals surface area contributed by atoms with E-state index in [0.717, 1.165) is 17.4 Å². The Morgan fingerprint density at radius 3 is 2.55 bits per heavy atom. The highest BCUT2D eigenvalue weighted by molar-refractivity contribution is 6.35. The SMILES string of the molecule is O=C(CCNC(=O)c1ccc(C2(CN3CCCC3)CC2)cc1)Nc1ccc2c(Cl)c[nH]c2c1. The van der Waals surface area contributed by atoms with Crippen molar-refractivity contribution in [1.29, 1.82) is 0 Å². The van der Waals surface area contributed by atoms with Crippen LogP contribution in [0.1, 0.15) is 48.0 Å². The second-order valence-corrected chi connectivity index (χ2v) is 9.70. The summed E-state index contributed by atoms with van der Waals surface area (Å²) in [7, 11) is 0. The maximum atomic E-state index is 12.5. The van der Waals surface area contributed by atoms with Crippen LogP contribution in [0.15, 0.2) is 48.7 Å². The molecule has 2 aliphatic rings. The summed E-state index contributed by atoms with van der Waals surface area (Å²) in [5.74, 6) is -0.304. The molecule has 0 atom stereocenters. The number of H-pyrrole nitrogens is 1. The summed E-state index contributed by atoms with van der Waals surface area (Å²) >= 11 is 6.09. The van der Waals surface area contributed by atoms with E-state index in [4.69, 9.17) is 11.6 Å². The molecule has 1 saturated carbocycles. The van der Waals surface area contributed by atoms with Crippen LogP contribution in [0.25, 0.3) is 10.9 Å². The first-order valence-electron chi connectivity index (χ1n) is 11.7. The lowest BCUT2D eigenvalue weighted by Crippen LogP contribution is -2.30. The van der Waals surface area contributed by atoms with Crippen LogP contribution in [0.4, 0.5) is 5.69 Å². The number of nitrogens with zero attached hydrogens (tertiary/aromatic N) is 1. The van der Waals surface area contributed by atoms with Gasteiger partial charge in [0.2, 0.25) is 5.91 Å². The molecule has 7 heteroatoms. The van der Waals surface area contributed by atoms with Crippen LogP contribution in [0.3, 0.4) is 0 Å². The smallest absolute Gasteiger partial charge is 0.251 e. The van der Waals surface area contributed by atoms with E-state index >= 15 is 0 Å². The minimum atomic E-state index is -0.153. The molecule has 5 rings (SSSR count). The van der Waals surface area contributed by atoms with Gasteiger partial charge in [0.05, 0.1) is 5.02 Å². The Balaban J connectivity index is 1.10. The number of fused-ring (bicyclic) bond motifs is 1. The molecule has 6 nitrogen and oxygen atoms in total. The molecule has 172 valence electrons. The lowest BCUT2D eigenvalue weighted by molar-refractivity contribution is -0.116. The number of likely N-dealkylation sites (tertiary alicyclic amines) is 1. The Labute approximate surface area is 198 Å². The van der Waals surface area contributed by atoms with Crippen molar-refractivity contribution in [3.05, 3.63) is 64.8 Å². The lowest BCUT2D eigenvalue weighted by Gasteiger charge is -2.23. The Morgan fingerprint density at radius 2 is 1.82 bits per heavy atom. The number of carbonyl (C=O) groups is 2. The summed E-state index contributed by atoms with van der Waals surface area (Å²) in [6, 6.07) is 13.6. The maximum Gasteiger partial charge on any atom is 0.251 e. The second kappa shape index (κ2) is 9.20. The highest BCUT2D eigenvalue weighted by atomic mass is 35.5.